The third-order valence-corrected chi connectivity index (χ3v) is 22.5. The molecule has 8 N–H and O–H groups in total. The van der Waals surface area contributed by atoms with Crippen LogP contribution >= 0.6 is 45.6 Å². The lowest BCUT2D eigenvalue weighted by molar-refractivity contribution is -0.137. The van der Waals surface area contributed by atoms with E-state index in [1.807, 2.05) is 114 Å². The van der Waals surface area contributed by atoms with Crippen molar-refractivity contribution in [2.45, 2.75) is 83.7 Å². The Morgan fingerprint density at radius 3 is 1.58 bits per heavy atom. The van der Waals surface area contributed by atoms with Crippen molar-refractivity contribution in [1.82, 2.24) is 46.3 Å². The van der Waals surface area contributed by atoms with E-state index in [0.717, 1.165) is 168 Å². The zero-order valence-corrected chi connectivity index (χ0v) is 64.0. The number of halogens is 5. The number of Topliss-reactive ketones (excluding diaryl/α,β-unsaturated/α-hetero) is 1. The third-order valence-electron chi connectivity index (χ3n) is 19.6. The van der Waals surface area contributed by atoms with Gasteiger partial charge in [-0.15, -0.1) is 34.0 Å². The highest BCUT2D eigenvalue weighted by Gasteiger charge is 2.31. The van der Waals surface area contributed by atoms with Crippen molar-refractivity contribution >= 4 is 96.3 Å². The van der Waals surface area contributed by atoms with E-state index in [2.05, 4.69) is 57.4 Å². The summed E-state index contributed by atoms with van der Waals surface area (Å²) in [6.07, 6.45) is 7.75. The number of benzene rings is 7. The molecule has 5 aromatic heterocycles. The minimum Gasteiger partial charge on any atom is -0.388 e. The number of aryl methyl sites for hydroxylation is 3. The lowest BCUT2D eigenvalue weighted by Crippen LogP contribution is -2.27. The fraction of sp³-hybridized carbons (Fsp3) is 0.229. The van der Waals surface area contributed by atoms with Gasteiger partial charge in [-0.1, -0.05) is 90.5 Å². The summed E-state index contributed by atoms with van der Waals surface area (Å²) in [5, 5.41) is 48.0. The molecule has 4 aliphatic rings. The molecule has 7 aromatic carbocycles. The van der Waals surface area contributed by atoms with Crippen molar-refractivity contribution in [1.29, 1.82) is 0 Å². The number of aliphatic hydroxyl groups is 1. The fourth-order valence-corrected chi connectivity index (χ4v) is 16.4. The minimum absolute atomic E-state index is 0.115. The molecule has 4 aliphatic heterocycles. The number of thiazole rings is 3. The van der Waals surface area contributed by atoms with Crippen molar-refractivity contribution in [2.24, 2.45) is 0 Å². The number of ketones is 1. The second kappa shape index (κ2) is 37.3. The van der Waals surface area contributed by atoms with Crippen molar-refractivity contribution in [2.75, 3.05) is 64.2 Å². The van der Waals surface area contributed by atoms with Gasteiger partial charge >= 0.3 is 6.18 Å². The number of hydrogen-bond acceptors (Lipinski definition) is 22. The number of alkyl halides is 3. The van der Waals surface area contributed by atoms with Crippen LogP contribution in [0, 0.1) is 5.82 Å². The maximum absolute atomic E-state index is 14.7. The van der Waals surface area contributed by atoms with Crippen LogP contribution in [-0.2, 0) is 64.5 Å². The van der Waals surface area contributed by atoms with Crippen molar-refractivity contribution < 1.29 is 57.5 Å². The lowest BCUT2D eigenvalue weighted by Gasteiger charge is -2.21. The average molecular weight is 1610 g/mol. The molecule has 0 atom stereocenters. The number of hydrogen-bond donors (Lipinski definition) is 8. The van der Waals surface area contributed by atoms with Crippen LogP contribution < -0.4 is 41.4 Å². The Bertz CT molecular complexity index is 5330. The number of pyridine rings is 1. The number of carbonyl (C=O) groups excluding carboxylic acids is 4. The van der Waals surface area contributed by atoms with E-state index in [4.69, 9.17) is 47.3 Å². The first kappa shape index (κ1) is 79.7. The maximum Gasteiger partial charge on any atom is 0.416 e. The van der Waals surface area contributed by atoms with Crippen LogP contribution in [0.4, 0.5) is 44.7 Å². The summed E-state index contributed by atoms with van der Waals surface area (Å²) in [5.41, 5.74) is 20.2. The number of fused-ring (bicyclic) bond motifs is 4. The molecule has 0 radical (unpaired) electrons. The summed E-state index contributed by atoms with van der Waals surface area (Å²) in [5.74, 6) is -0.906. The SMILES string of the molecule is O=C(CO)c1ccc2c(c1)CCN(c1ccnc(NCc3ccccc3)n1)CC2.O=C(NO)c1cc(F)c2c(c1)CCCN(c1nc(-c3cccc(Cl)c3)cs1)C2.O=C(NO)c1ccc2c(c1)CCCN(c1nc(-c3ccc(C(F)(F)F)cc3)cs1)C2.O=C(NO)c1ccc2c(c1)CCCN(c1nc(-c3cccnc3)cs1)C2. The molecule has 0 fully saturated rings. The van der Waals surface area contributed by atoms with Gasteiger partial charge in [0.1, 0.15) is 18.2 Å². The number of anilines is 5. The Morgan fingerprint density at radius 1 is 0.478 bits per heavy atom. The number of carbonyl (C=O) groups is 4. The minimum atomic E-state index is -4.36. The van der Waals surface area contributed by atoms with E-state index in [1.54, 1.807) is 64.4 Å². The predicted octanol–water partition coefficient (Wildman–Crippen LogP) is 15.7. The first-order valence-corrected chi connectivity index (χ1v) is 39.3. The highest BCUT2D eigenvalue weighted by molar-refractivity contribution is 7.14. The largest absolute Gasteiger partial charge is 0.416 e. The zero-order valence-electron chi connectivity index (χ0n) is 60.8. The summed E-state index contributed by atoms with van der Waals surface area (Å²) < 4.78 is 53.0. The van der Waals surface area contributed by atoms with E-state index < -0.39 is 41.9 Å². The Labute approximate surface area is 665 Å². The van der Waals surface area contributed by atoms with E-state index >= 15 is 0 Å². The number of aliphatic hydroxyl groups excluding tert-OH is 1. The topological polar surface area (TPSA) is 288 Å². The maximum atomic E-state index is 14.7. The first-order chi connectivity index (χ1) is 54.9. The molecule has 12 aromatic rings. The van der Waals surface area contributed by atoms with Gasteiger partial charge in [-0.25, -0.2) is 40.8 Å². The van der Waals surface area contributed by atoms with Gasteiger partial charge in [0, 0.05) is 143 Å². The third kappa shape index (κ3) is 20.3. The van der Waals surface area contributed by atoms with Crippen LogP contribution in [0.5, 0.6) is 0 Å². The summed E-state index contributed by atoms with van der Waals surface area (Å²) >= 11 is 10.7. The summed E-state index contributed by atoms with van der Waals surface area (Å²) in [7, 11) is 0. The first-order valence-electron chi connectivity index (χ1n) is 36.3. The van der Waals surface area contributed by atoms with Crippen LogP contribution in [0.2, 0.25) is 5.02 Å². The molecule has 0 saturated carbocycles. The molecule has 30 heteroatoms. The van der Waals surface area contributed by atoms with Crippen LogP contribution in [0.1, 0.15) is 116 Å². The summed E-state index contributed by atoms with van der Waals surface area (Å²) in [4.78, 5) is 82.7. The van der Waals surface area contributed by atoms with Crippen LogP contribution in [-0.4, -0.2) is 113 Å². The summed E-state index contributed by atoms with van der Waals surface area (Å²) in [6.45, 7) is 6.08. The molecule has 0 spiro atoms. The molecule has 22 nitrogen and oxygen atoms in total. The lowest BCUT2D eigenvalue weighted by atomic mass is 9.98. The van der Waals surface area contributed by atoms with Gasteiger partial charge in [0.25, 0.3) is 17.7 Å². The smallest absolute Gasteiger partial charge is 0.388 e. The monoisotopic (exact) mass is 1600 g/mol. The van der Waals surface area contributed by atoms with E-state index in [0.29, 0.717) is 70.5 Å². The zero-order chi connectivity index (χ0) is 79.0. The van der Waals surface area contributed by atoms with Gasteiger partial charge in [-0.05, 0) is 181 Å². The van der Waals surface area contributed by atoms with Crippen molar-refractivity contribution in [3.63, 3.8) is 0 Å². The molecule has 0 unspecified atom stereocenters. The molecule has 0 aliphatic carbocycles. The fourth-order valence-electron chi connectivity index (χ4n) is 13.7. The molecular formula is C83H77ClF4N14O8S3. The van der Waals surface area contributed by atoms with Gasteiger partial charge in [-0.2, -0.15) is 18.2 Å². The molecule has 16 rings (SSSR count). The van der Waals surface area contributed by atoms with Gasteiger partial charge < -0.3 is 30.0 Å². The highest BCUT2D eigenvalue weighted by Crippen LogP contribution is 2.37. The molecular weight excluding hydrogens is 1530 g/mol. The van der Waals surface area contributed by atoms with Gasteiger partial charge in [0.2, 0.25) is 5.95 Å². The quantitative estimate of drug-likeness (QED) is 0.0205. The number of amides is 3. The van der Waals surface area contributed by atoms with Crippen LogP contribution in [0.25, 0.3) is 33.8 Å². The van der Waals surface area contributed by atoms with Crippen molar-refractivity contribution in [3.05, 3.63) is 287 Å². The van der Waals surface area contributed by atoms with E-state index in [9.17, 15) is 36.7 Å². The van der Waals surface area contributed by atoms with E-state index in [-0.39, 0.29) is 11.3 Å². The normalized spacial score (nSPS) is 13.8. The second-order valence-electron chi connectivity index (χ2n) is 27.0. The van der Waals surface area contributed by atoms with Crippen LogP contribution in [0.15, 0.2) is 199 Å². The molecule has 3 amide bonds. The van der Waals surface area contributed by atoms with Crippen LogP contribution in [0.3, 0.4) is 0 Å². The Kier molecular flexibility index (Phi) is 26.3. The Morgan fingerprint density at radius 2 is 1.00 bits per heavy atom. The average Bonchev–Trinajstić information content (AvgIpc) is 1.45. The van der Waals surface area contributed by atoms with Gasteiger partial charge in [0.05, 0.1) is 22.6 Å². The van der Waals surface area contributed by atoms with E-state index in [1.165, 1.54) is 57.1 Å². The number of hydroxylamine groups is 3. The number of nitrogens with zero attached hydrogens (tertiary/aromatic N) is 10. The Balaban J connectivity index is 0.000000132. The standard InChI is InChI=1S/C23H24N4O2.C21H18F3N3O2S.C20H17ClFN3O2S.C19H18N4O2S/c28-16-21(29)20-7-6-18-9-12-27(13-10-19(18)14-20)22-8-11-24-23(26-22)25-15-17-4-2-1-3-5-17;22-21(23,24)17-7-5-13(6-8-17)18-12-30-20(25-18)27-9-1-2-14-10-15(19(28)26-29)3-4-16(14)11-27;21-15-5-1-3-13(8-15)18-11-28-20(23-18)25-6-2-4-12-7-14(19(26)24-27)9-17(22)16(12)10-25;24-18(22-25)14-5-6-16-11-23(8-2-4-13(16)9-14)19-21-17(12-26-19)15-3-1-7-20-10-15/h1-8,11,14,28H,9-10,12-13,15-16H2,(H,24,25,26);3-8,10,12,29H,1-2,9,11H2,(H,26,28);1,3,5,7-9,11,27H,2,4,6,10H2,(H,24,26);1,3,5-7,9-10,12,25H,2,4,8,11H2,(H,22,24). The summed E-state index contributed by atoms with van der Waals surface area (Å²) in [6, 6.07) is 48.0. The van der Waals surface area contributed by atoms with Gasteiger partial charge in [0.15, 0.2) is 21.2 Å². The molecule has 580 valence electrons. The Hall–Kier alpha value is -11.4. The number of nitrogens with one attached hydrogen (secondary N) is 4. The predicted molar refractivity (Wildman–Crippen MR) is 429 cm³/mol. The molecule has 113 heavy (non-hydrogen) atoms. The molecule has 0 bridgehead atoms. The van der Waals surface area contributed by atoms with Crippen molar-refractivity contribution in [3.8, 4) is 33.8 Å². The molecule has 9 heterocycles. The second-order valence-corrected chi connectivity index (χ2v) is 29.9. The van der Waals surface area contributed by atoms with Gasteiger partial charge in [-0.3, -0.25) is 39.8 Å². The molecule has 0 saturated heterocycles. The number of rotatable bonds is 15. The highest BCUT2D eigenvalue weighted by atomic mass is 35.5. The number of aromatic nitrogens is 6.